The smallest absolute Gasteiger partial charge is 0.323 e. The van der Waals surface area contributed by atoms with Crippen LogP contribution in [0.3, 0.4) is 0 Å². The van der Waals surface area contributed by atoms with E-state index in [-0.39, 0.29) is 22.7 Å². The van der Waals surface area contributed by atoms with Gasteiger partial charge in [0.2, 0.25) is 5.95 Å². The maximum atomic E-state index is 13.1. The molecule has 0 aliphatic rings. The van der Waals surface area contributed by atoms with Gasteiger partial charge in [-0.25, -0.2) is 9.78 Å². The summed E-state index contributed by atoms with van der Waals surface area (Å²) in [7, 11) is 0. The van der Waals surface area contributed by atoms with Crippen molar-refractivity contribution in [3.63, 3.8) is 0 Å². The van der Waals surface area contributed by atoms with Gasteiger partial charge in [0, 0.05) is 36.6 Å². The van der Waals surface area contributed by atoms with Crippen molar-refractivity contribution >= 4 is 23.2 Å². The number of rotatable bonds is 4. The van der Waals surface area contributed by atoms with Crippen LogP contribution in [-0.4, -0.2) is 26.9 Å². The van der Waals surface area contributed by atoms with Crippen LogP contribution >= 0.6 is 0 Å². The number of aromatic nitrogens is 2. The molecule has 2 aromatic rings. The standard InChI is InChI=1S/C14H13FN4O3/c1-8(21)11-4-10(2-3-16-11)18-14(22)19-12-5-13(15)17-6-9(12)7-20/h2-6,20H,7H2,1H3,(H2,16,17,18,19,22). The van der Waals surface area contributed by atoms with E-state index in [0.717, 1.165) is 12.3 Å². The van der Waals surface area contributed by atoms with Crippen LogP contribution in [-0.2, 0) is 6.61 Å². The highest BCUT2D eigenvalue weighted by molar-refractivity contribution is 6.01. The topological polar surface area (TPSA) is 104 Å². The second kappa shape index (κ2) is 6.72. The molecule has 0 spiro atoms. The number of hydrogen-bond donors (Lipinski definition) is 3. The highest BCUT2D eigenvalue weighted by Gasteiger charge is 2.10. The van der Waals surface area contributed by atoms with Crippen LogP contribution in [0.1, 0.15) is 23.0 Å². The molecule has 2 rings (SSSR count). The van der Waals surface area contributed by atoms with E-state index in [1.165, 1.54) is 25.3 Å². The maximum Gasteiger partial charge on any atom is 0.323 e. The quantitative estimate of drug-likeness (QED) is 0.591. The Morgan fingerprint density at radius 2 is 2.05 bits per heavy atom. The van der Waals surface area contributed by atoms with Gasteiger partial charge in [-0.1, -0.05) is 0 Å². The third-order valence-electron chi connectivity index (χ3n) is 2.75. The molecule has 2 amide bonds. The summed E-state index contributed by atoms with van der Waals surface area (Å²) in [5, 5.41) is 14.0. The number of carbonyl (C=O) groups is 2. The third kappa shape index (κ3) is 3.83. The Hall–Kier alpha value is -2.87. The Balaban J connectivity index is 2.12. The number of Topliss-reactive ketones (excluding diaryl/α,β-unsaturated/α-hetero) is 1. The second-order valence-corrected chi connectivity index (χ2v) is 4.39. The molecule has 22 heavy (non-hydrogen) atoms. The lowest BCUT2D eigenvalue weighted by Crippen LogP contribution is -2.21. The number of hydrogen-bond acceptors (Lipinski definition) is 5. The first-order valence-corrected chi connectivity index (χ1v) is 6.30. The number of pyridine rings is 2. The van der Waals surface area contributed by atoms with Crippen LogP contribution in [0.2, 0.25) is 0 Å². The average Bonchev–Trinajstić information content (AvgIpc) is 2.47. The summed E-state index contributed by atoms with van der Waals surface area (Å²) in [4.78, 5) is 30.4. The number of nitrogens with zero attached hydrogens (tertiary/aromatic N) is 2. The molecule has 0 fully saturated rings. The van der Waals surface area contributed by atoms with Gasteiger partial charge in [-0.3, -0.25) is 9.78 Å². The van der Waals surface area contributed by atoms with Crippen molar-refractivity contribution in [1.29, 1.82) is 0 Å². The Morgan fingerprint density at radius 3 is 2.73 bits per heavy atom. The second-order valence-electron chi connectivity index (χ2n) is 4.39. The molecule has 0 aliphatic carbocycles. The van der Waals surface area contributed by atoms with E-state index in [0.29, 0.717) is 5.69 Å². The Labute approximate surface area is 125 Å². The van der Waals surface area contributed by atoms with Crippen LogP contribution in [0.25, 0.3) is 0 Å². The van der Waals surface area contributed by atoms with Gasteiger partial charge in [-0.15, -0.1) is 0 Å². The van der Waals surface area contributed by atoms with Gasteiger partial charge in [-0.2, -0.15) is 4.39 Å². The number of halogens is 1. The SMILES string of the molecule is CC(=O)c1cc(NC(=O)Nc2cc(F)ncc2CO)ccn1. The summed E-state index contributed by atoms with van der Waals surface area (Å²) in [5.74, 6) is -1.02. The van der Waals surface area contributed by atoms with Crippen LogP contribution in [0.5, 0.6) is 0 Å². The fourth-order valence-corrected chi connectivity index (χ4v) is 1.69. The number of aliphatic hydroxyl groups is 1. The average molecular weight is 304 g/mol. The lowest BCUT2D eigenvalue weighted by molar-refractivity contribution is 0.101. The summed E-state index contributed by atoms with van der Waals surface area (Å²) in [6.07, 6.45) is 2.52. The number of amides is 2. The Bertz CT molecular complexity index is 721. The Morgan fingerprint density at radius 1 is 1.27 bits per heavy atom. The summed E-state index contributed by atoms with van der Waals surface area (Å²) in [6.45, 7) is 0.964. The number of anilines is 2. The number of carbonyl (C=O) groups excluding carboxylic acids is 2. The van der Waals surface area contributed by atoms with Gasteiger partial charge in [0.05, 0.1) is 12.3 Å². The first kappa shape index (κ1) is 15.5. The van der Waals surface area contributed by atoms with E-state index in [1.54, 1.807) is 0 Å². The molecule has 0 aromatic carbocycles. The largest absolute Gasteiger partial charge is 0.392 e. The van der Waals surface area contributed by atoms with Crippen molar-refractivity contribution in [2.45, 2.75) is 13.5 Å². The van der Waals surface area contributed by atoms with Gasteiger partial charge in [0.25, 0.3) is 0 Å². The summed E-state index contributed by atoms with van der Waals surface area (Å²) >= 11 is 0. The molecule has 3 N–H and O–H groups in total. The van der Waals surface area contributed by atoms with E-state index in [1.807, 2.05) is 0 Å². The van der Waals surface area contributed by atoms with Crippen molar-refractivity contribution in [1.82, 2.24) is 9.97 Å². The lowest BCUT2D eigenvalue weighted by Gasteiger charge is -2.10. The molecule has 0 saturated carbocycles. The predicted octanol–water partition coefficient (Wildman–Crippen LogP) is 1.95. The normalized spacial score (nSPS) is 10.1. The van der Waals surface area contributed by atoms with E-state index < -0.39 is 18.6 Å². The Kier molecular flexibility index (Phi) is 4.74. The summed E-state index contributed by atoms with van der Waals surface area (Å²) < 4.78 is 13.1. The van der Waals surface area contributed by atoms with Crippen LogP contribution in [0.15, 0.2) is 30.6 Å². The van der Waals surface area contributed by atoms with Crippen LogP contribution in [0, 0.1) is 5.95 Å². The van der Waals surface area contributed by atoms with Crippen molar-refractivity contribution in [2.24, 2.45) is 0 Å². The fourth-order valence-electron chi connectivity index (χ4n) is 1.69. The summed E-state index contributed by atoms with van der Waals surface area (Å²) in [6, 6.07) is 3.27. The number of ketones is 1. The first-order chi connectivity index (χ1) is 10.5. The minimum Gasteiger partial charge on any atom is -0.392 e. The van der Waals surface area contributed by atoms with E-state index in [2.05, 4.69) is 20.6 Å². The lowest BCUT2D eigenvalue weighted by atomic mass is 10.2. The molecule has 0 unspecified atom stereocenters. The number of nitrogens with one attached hydrogen (secondary N) is 2. The molecular weight excluding hydrogens is 291 g/mol. The molecule has 0 radical (unpaired) electrons. The van der Waals surface area contributed by atoms with Crippen LogP contribution in [0.4, 0.5) is 20.6 Å². The number of aliphatic hydroxyl groups excluding tert-OH is 1. The van der Waals surface area contributed by atoms with E-state index in [4.69, 9.17) is 5.11 Å². The molecule has 7 nitrogen and oxygen atoms in total. The molecule has 0 bridgehead atoms. The molecule has 0 saturated heterocycles. The van der Waals surface area contributed by atoms with Gasteiger partial charge in [0.15, 0.2) is 5.78 Å². The highest BCUT2D eigenvalue weighted by atomic mass is 19.1. The first-order valence-electron chi connectivity index (χ1n) is 6.30. The van der Waals surface area contributed by atoms with Gasteiger partial charge in [0.1, 0.15) is 5.69 Å². The molecular formula is C14H13FN4O3. The zero-order valence-corrected chi connectivity index (χ0v) is 11.6. The molecule has 8 heteroatoms. The molecule has 2 aromatic heterocycles. The van der Waals surface area contributed by atoms with Crippen molar-refractivity contribution in [3.8, 4) is 0 Å². The highest BCUT2D eigenvalue weighted by Crippen LogP contribution is 2.16. The van der Waals surface area contributed by atoms with Crippen molar-refractivity contribution in [2.75, 3.05) is 10.6 Å². The molecule has 114 valence electrons. The predicted molar refractivity (Wildman–Crippen MR) is 77.0 cm³/mol. The minimum atomic E-state index is -0.782. The minimum absolute atomic E-state index is 0.105. The van der Waals surface area contributed by atoms with Crippen molar-refractivity contribution in [3.05, 3.63) is 47.8 Å². The monoisotopic (exact) mass is 304 g/mol. The molecule has 0 atom stereocenters. The van der Waals surface area contributed by atoms with Gasteiger partial charge < -0.3 is 15.7 Å². The zero-order chi connectivity index (χ0) is 16.1. The van der Waals surface area contributed by atoms with E-state index >= 15 is 0 Å². The van der Waals surface area contributed by atoms with E-state index in [9.17, 15) is 14.0 Å². The number of urea groups is 1. The molecule has 2 heterocycles. The summed E-state index contributed by atoms with van der Waals surface area (Å²) in [5.41, 5.74) is 0.950. The molecule has 0 aliphatic heterocycles. The van der Waals surface area contributed by atoms with Crippen molar-refractivity contribution < 1.29 is 19.1 Å². The maximum absolute atomic E-state index is 13.1. The zero-order valence-electron chi connectivity index (χ0n) is 11.6. The fraction of sp³-hybridized carbons (Fsp3) is 0.143. The third-order valence-corrected chi connectivity index (χ3v) is 2.75. The van der Waals surface area contributed by atoms with Gasteiger partial charge >= 0.3 is 6.03 Å². The van der Waals surface area contributed by atoms with Gasteiger partial charge in [-0.05, 0) is 12.1 Å². The van der Waals surface area contributed by atoms with Crippen LogP contribution < -0.4 is 10.6 Å².